The minimum Gasteiger partial charge on any atom is -0.481 e. The molecule has 1 aromatic heterocycles. The second kappa shape index (κ2) is 11.8. The molecule has 0 saturated heterocycles. The Morgan fingerprint density at radius 2 is 1.82 bits per heavy atom. The Bertz CT molecular complexity index is 1350. The second-order valence-electron chi connectivity index (χ2n) is 9.82. The summed E-state index contributed by atoms with van der Waals surface area (Å²) in [6.45, 7) is 9.83. The molecule has 1 aliphatic rings. The Morgan fingerprint density at radius 1 is 1.08 bits per heavy atom. The van der Waals surface area contributed by atoms with E-state index >= 15 is 0 Å². The van der Waals surface area contributed by atoms with Gasteiger partial charge in [-0.1, -0.05) is 19.1 Å². The number of carbonyl (C=O) groups excluding carboxylic acids is 3. The van der Waals surface area contributed by atoms with Crippen LogP contribution in [0.15, 0.2) is 42.5 Å². The molecule has 2 aromatic carbocycles. The summed E-state index contributed by atoms with van der Waals surface area (Å²) < 4.78 is 11.1. The van der Waals surface area contributed by atoms with Crippen molar-refractivity contribution in [2.24, 2.45) is 5.92 Å². The third kappa shape index (κ3) is 6.25. The summed E-state index contributed by atoms with van der Waals surface area (Å²) in [6, 6.07) is 12.5. The van der Waals surface area contributed by atoms with E-state index < -0.39 is 12.1 Å². The lowest BCUT2D eigenvalue weighted by atomic mass is 9.88. The van der Waals surface area contributed by atoms with Crippen LogP contribution in [0.25, 0.3) is 0 Å². The molecule has 4 rings (SSSR count). The second-order valence-corrected chi connectivity index (χ2v) is 10.9. The van der Waals surface area contributed by atoms with E-state index in [-0.39, 0.29) is 18.4 Å². The molecule has 8 heteroatoms. The van der Waals surface area contributed by atoms with Crippen LogP contribution in [0, 0.1) is 19.8 Å². The lowest BCUT2D eigenvalue weighted by molar-refractivity contribution is -0.122. The molecule has 2 amide bonds. The summed E-state index contributed by atoms with van der Waals surface area (Å²) in [6.07, 6.45) is 1.97. The average Bonchev–Trinajstić information content (AvgIpc) is 3.23. The van der Waals surface area contributed by atoms with Crippen LogP contribution in [0.2, 0.25) is 0 Å². The zero-order valence-electron chi connectivity index (χ0n) is 22.5. The Labute approximate surface area is 227 Å². The molecule has 7 nitrogen and oxygen atoms in total. The van der Waals surface area contributed by atoms with Crippen molar-refractivity contribution in [3.05, 3.63) is 75.2 Å². The van der Waals surface area contributed by atoms with Crippen LogP contribution in [0.1, 0.15) is 69.5 Å². The van der Waals surface area contributed by atoms with Gasteiger partial charge < -0.3 is 20.1 Å². The van der Waals surface area contributed by atoms with Gasteiger partial charge in [-0.2, -0.15) is 0 Å². The van der Waals surface area contributed by atoms with Gasteiger partial charge in [-0.3, -0.25) is 9.59 Å². The summed E-state index contributed by atoms with van der Waals surface area (Å²) in [5.74, 6) is 0.0275. The lowest BCUT2D eigenvalue weighted by Crippen LogP contribution is -2.30. The minimum absolute atomic E-state index is 0.261. The topological polar surface area (TPSA) is 93.7 Å². The van der Waals surface area contributed by atoms with Gasteiger partial charge >= 0.3 is 5.97 Å². The van der Waals surface area contributed by atoms with Gasteiger partial charge in [0.05, 0.1) is 12.2 Å². The van der Waals surface area contributed by atoms with Crippen molar-refractivity contribution >= 4 is 39.8 Å². The Balaban J connectivity index is 1.43. The number of fused-ring (bicyclic) bond motifs is 1. The maximum atomic E-state index is 13.1. The lowest BCUT2D eigenvalue weighted by Gasteiger charge is -2.18. The molecule has 38 heavy (non-hydrogen) atoms. The molecule has 0 aliphatic heterocycles. The van der Waals surface area contributed by atoms with Crippen molar-refractivity contribution in [1.29, 1.82) is 0 Å². The van der Waals surface area contributed by atoms with Crippen molar-refractivity contribution in [3.63, 3.8) is 0 Å². The number of ether oxygens (including phenoxy) is 2. The highest BCUT2D eigenvalue weighted by molar-refractivity contribution is 7.17. The van der Waals surface area contributed by atoms with Crippen molar-refractivity contribution in [2.45, 2.75) is 60.0 Å². The molecule has 0 spiro atoms. The first-order valence-electron chi connectivity index (χ1n) is 12.9. The SMILES string of the molecule is CCOC(=O)c1c(NC(=O)c2ccc(O[C@H](C)C(=O)Nc3cc(C)ccc3C)cc2)sc2c1CC[C@H](C)C2. The van der Waals surface area contributed by atoms with Crippen LogP contribution in [-0.2, 0) is 22.4 Å². The molecule has 1 heterocycles. The van der Waals surface area contributed by atoms with E-state index in [1.54, 1.807) is 38.1 Å². The van der Waals surface area contributed by atoms with Gasteiger partial charge in [0, 0.05) is 16.1 Å². The Morgan fingerprint density at radius 3 is 2.53 bits per heavy atom. The fourth-order valence-corrected chi connectivity index (χ4v) is 5.87. The number of hydrogen-bond acceptors (Lipinski definition) is 6. The van der Waals surface area contributed by atoms with Crippen LogP contribution in [0.3, 0.4) is 0 Å². The van der Waals surface area contributed by atoms with Gasteiger partial charge in [0.15, 0.2) is 6.10 Å². The number of rotatable bonds is 8. The predicted molar refractivity (Wildman–Crippen MR) is 150 cm³/mol. The van der Waals surface area contributed by atoms with E-state index in [4.69, 9.17) is 9.47 Å². The summed E-state index contributed by atoms with van der Waals surface area (Å²) >= 11 is 1.46. The molecular weight excluding hydrogens is 500 g/mol. The van der Waals surface area contributed by atoms with Gasteiger partial charge in [-0.15, -0.1) is 11.3 Å². The maximum Gasteiger partial charge on any atom is 0.341 e. The van der Waals surface area contributed by atoms with Crippen molar-refractivity contribution in [1.82, 2.24) is 0 Å². The maximum absolute atomic E-state index is 13.1. The van der Waals surface area contributed by atoms with Gasteiger partial charge in [0.25, 0.3) is 11.8 Å². The smallest absolute Gasteiger partial charge is 0.341 e. The highest BCUT2D eigenvalue weighted by Gasteiger charge is 2.29. The average molecular weight is 535 g/mol. The summed E-state index contributed by atoms with van der Waals surface area (Å²) in [5, 5.41) is 6.37. The third-order valence-corrected chi connectivity index (χ3v) is 7.84. The zero-order valence-corrected chi connectivity index (χ0v) is 23.3. The highest BCUT2D eigenvalue weighted by Crippen LogP contribution is 2.40. The van der Waals surface area contributed by atoms with Crippen molar-refractivity contribution in [2.75, 3.05) is 17.2 Å². The zero-order chi connectivity index (χ0) is 27.4. The number of aryl methyl sites for hydroxylation is 2. The molecule has 0 fully saturated rings. The molecule has 2 atom stereocenters. The summed E-state index contributed by atoms with van der Waals surface area (Å²) in [5.41, 5.74) is 4.68. The van der Waals surface area contributed by atoms with E-state index in [9.17, 15) is 14.4 Å². The van der Waals surface area contributed by atoms with Crippen molar-refractivity contribution < 1.29 is 23.9 Å². The van der Waals surface area contributed by atoms with E-state index in [0.717, 1.165) is 46.5 Å². The number of amides is 2. The molecule has 3 aromatic rings. The number of anilines is 2. The quantitative estimate of drug-likeness (QED) is 0.330. The summed E-state index contributed by atoms with van der Waals surface area (Å²) in [4.78, 5) is 39.6. The minimum atomic E-state index is -0.735. The Hall–Kier alpha value is -3.65. The van der Waals surface area contributed by atoms with Crippen LogP contribution in [0.4, 0.5) is 10.7 Å². The van der Waals surface area contributed by atoms with E-state index in [2.05, 4.69) is 17.6 Å². The van der Waals surface area contributed by atoms with Gasteiger partial charge in [0.2, 0.25) is 0 Å². The molecule has 0 saturated carbocycles. The standard InChI is InChI=1S/C30H34N2O5S/c1-6-36-30(35)26-23-14-8-18(3)16-25(23)38-29(26)32-28(34)21-10-12-22(13-11-21)37-20(5)27(33)31-24-15-17(2)7-9-19(24)4/h7,9-13,15,18,20H,6,8,14,16H2,1-5H3,(H,31,33)(H,32,34)/t18-,20+/m0/s1. The first-order valence-corrected chi connectivity index (χ1v) is 13.8. The van der Waals surface area contributed by atoms with E-state index in [0.29, 0.717) is 27.8 Å². The number of hydrogen-bond donors (Lipinski definition) is 2. The highest BCUT2D eigenvalue weighted by atomic mass is 32.1. The number of benzene rings is 2. The third-order valence-electron chi connectivity index (χ3n) is 6.67. The van der Waals surface area contributed by atoms with E-state index in [1.165, 1.54) is 11.3 Å². The molecule has 2 N–H and O–H groups in total. The van der Waals surface area contributed by atoms with Gasteiger partial charge in [0.1, 0.15) is 10.8 Å². The molecule has 0 unspecified atom stereocenters. The summed E-state index contributed by atoms with van der Waals surface area (Å²) in [7, 11) is 0. The molecule has 0 radical (unpaired) electrons. The largest absolute Gasteiger partial charge is 0.481 e. The first kappa shape index (κ1) is 27.4. The fourth-order valence-electron chi connectivity index (χ4n) is 4.48. The number of thiophene rings is 1. The fraction of sp³-hybridized carbons (Fsp3) is 0.367. The molecular formula is C30H34N2O5S. The first-order chi connectivity index (χ1) is 18.2. The van der Waals surface area contributed by atoms with Crippen LogP contribution in [-0.4, -0.2) is 30.5 Å². The van der Waals surface area contributed by atoms with Gasteiger partial charge in [-0.25, -0.2) is 4.79 Å². The predicted octanol–water partition coefficient (Wildman–Crippen LogP) is 6.32. The van der Waals surface area contributed by atoms with Gasteiger partial charge in [-0.05, 0) is 99.9 Å². The number of carbonyl (C=O) groups is 3. The van der Waals surface area contributed by atoms with Crippen LogP contribution in [0.5, 0.6) is 5.75 Å². The Kier molecular flexibility index (Phi) is 8.52. The molecule has 200 valence electrons. The number of esters is 1. The molecule has 1 aliphatic carbocycles. The number of nitrogens with one attached hydrogen (secondary N) is 2. The molecule has 0 bridgehead atoms. The van der Waals surface area contributed by atoms with Crippen LogP contribution >= 0.6 is 11.3 Å². The van der Waals surface area contributed by atoms with E-state index in [1.807, 2.05) is 32.0 Å². The van der Waals surface area contributed by atoms with Crippen molar-refractivity contribution in [3.8, 4) is 5.75 Å². The normalized spacial score (nSPS) is 15.2. The monoisotopic (exact) mass is 534 g/mol. The van der Waals surface area contributed by atoms with Crippen LogP contribution < -0.4 is 15.4 Å².